The molecule has 2 aromatic carbocycles. The van der Waals surface area contributed by atoms with Crippen LogP contribution < -0.4 is 16.8 Å². The maximum absolute atomic E-state index is 13.0. The Kier molecular flexibility index (Phi) is 6.75. The number of nitrogens with two attached hydrogens (primary N) is 2. The summed E-state index contributed by atoms with van der Waals surface area (Å²) in [4.78, 5) is 24.5. The van der Waals surface area contributed by atoms with Gasteiger partial charge in [-0.15, -0.1) is 0 Å². The average molecular weight is 512 g/mol. The molecular weight excluding hydrogens is 489 g/mol. The van der Waals surface area contributed by atoms with Crippen LogP contribution in [0, 0.1) is 0 Å². The predicted octanol–water partition coefficient (Wildman–Crippen LogP) is 4.67. The largest absolute Gasteiger partial charge is 0.416 e. The summed E-state index contributed by atoms with van der Waals surface area (Å²) in [5, 5.41) is 10.7. The van der Waals surface area contributed by atoms with E-state index >= 15 is 0 Å². The lowest BCUT2D eigenvalue weighted by Crippen LogP contribution is -2.15. The minimum absolute atomic E-state index is 0.00478. The maximum Gasteiger partial charge on any atom is 0.416 e. The van der Waals surface area contributed by atoms with Crippen LogP contribution in [0.2, 0.25) is 0 Å². The molecule has 0 saturated heterocycles. The van der Waals surface area contributed by atoms with E-state index in [0.717, 1.165) is 12.1 Å². The van der Waals surface area contributed by atoms with Crippen molar-refractivity contribution < 1.29 is 27.3 Å². The summed E-state index contributed by atoms with van der Waals surface area (Å²) >= 11 is 0. The van der Waals surface area contributed by atoms with Crippen molar-refractivity contribution in [2.75, 3.05) is 11.1 Å². The van der Waals surface area contributed by atoms with Gasteiger partial charge in [0.25, 0.3) is 5.91 Å². The maximum atomic E-state index is 13.0. The highest BCUT2D eigenvalue weighted by atomic mass is 19.4. The van der Waals surface area contributed by atoms with Crippen molar-refractivity contribution in [2.45, 2.75) is 32.5 Å². The number of halogens is 3. The number of amides is 2. The van der Waals surface area contributed by atoms with Gasteiger partial charge in [-0.05, 0) is 31.5 Å². The molecule has 2 amide bonds. The van der Waals surface area contributed by atoms with Crippen molar-refractivity contribution in [3.05, 3.63) is 71.3 Å². The van der Waals surface area contributed by atoms with Crippen LogP contribution in [0.4, 0.5) is 24.9 Å². The first-order valence-corrected chi connectivity index (χ1v) is 11.2. The van der Waals surface area contributed by atoms with E-state index in [1.165, 1.54) is 22.9 Å². The summed E-state index contributed by atoms with van der Waals surface area (Å²) in [7, 11) is 0. The van der Waals surface area contributed by atoms with Crippen LogP contribution in [0.25, 0.3) is 22.5 Å². The number of primary amides is 1. The third kappa shape index (κ3) is 5.47. The molecule has 0 unspecified atom stereocenters. The number of rotatable bonds is 7. The van der Waals surface area contributed by atoms with Gasteiger partial charge in [0.05, 0.1) is 12.0 Å². The third-order valence-corrected chi connectivity index (χ3v) is 5.53. The molecule has 0 spiro atoms. The molecule has 0 fully saturated rings. The Morgan fingerprint density at radius 1 is 1.08 bits per heavy atom. The quantitative estimate of drug-likeness (QED) is 0.329. The van der Waals surface area contributed by atoms with E-state index in [-0.39, 0.29) is 41.0 Å². The van der Waals surface area contributed by atoms with Crippen LogP contribution in [0.3, 0.4) is 0 Å². The second-order valence-corrected chi connectivity index (χ2v) is 8.59. The van der Waals surface area contributed by atoms with Gasteiger partial charge in [-0.2, -0.15) is 18.3 Å². The van der Waals surface area contributed by atoms with E-state index in [1.54, 1.807) is 24.3 Å². The number of hydrogen-bond acceptors (Lipinski definition) is 6. The van der Waals surface area contributed by atoms with Gasteiger partial charge in [-0.1, -0.05) is 41.6 Å². The second-order valence-electron chi connectivity index (χ2n) is 8.59. The lowest BCUT2D eigenvalue weighted by atomic mass is 10.0. The number of anilines is 2. The zero-order valence-electron chi connectivity index (χ0n) is 19.8. The van der Waals surface area contributed by atoms with Gasteiger partial charge < -0.3 is 16.0 Å². The molecule has 12 heteroatoms. The molecule has 4 rings (SSSR count). The highest BCUT2D eigenvalue weighted by Gasteiger charge is 2.30. The number of aromatic nitrogens is 3. The molecule has 0 aliphatic heterocycles. The molecule has 4 aromatic rings. The van der Waals surface area contributed by atoms with Gasteiger partial charge in [-0.3, -0.25) is 14.9 Å². The summed E-state index contributed by atoms with van der Waals surface area (Å²) in [5.74, 6) is -0.947. The number of carbonyl (C=O) groups excluding carboxylic acids is 2. The Morgan fingerprint density at radius 3 is 2.41 bits per heavy atom. The first-order chi connectivity index (χ1) is 17.4. The molecule has 0 radical (unpaired) electrons. The average Bonchev–Trinajstić information content (AvgIpc) is 3.43. The van der Waals surface area contributed by atoms with Crippen molar-refractivity contribution >= 4 is 23.5 Å². The third-order valence-electron chi connectivity index (χ3n) is 5.53. The molecule has 0 atom stereocenters. The zero-order valence-corrected chi connectivity index (χ0v) is 19.8. The van der Waals surface area contributed by atoms with Crippen molar-refractivity contribution in [1.29, 1.82) is 0 Å². The Hall–Kier alpha value is -4.61. The van der Waals surface area contributed by atoms with Crippen LogP contribution in [0.15, 0.2) is 59.1 Å². The molecule has 2 aromatic heterocycles. The van der Waals surface area contributed by atoms with Crippen LogP contribution >= 0.6 is 0 Å². The molecular formula is C25H23F3N6O3. The standard InChI is InChI=1S/C25H23F3N6O3/c1-13(2)34-23(29)21(24(30)36)22(32-34)15-8-6-14(7-9-15)10-19(35)31-20-12-18(33-37-20)16-4-3-5-17(11-16)25(26,27)28/h3-9,11-13H,10,29H2,1-2H3,(H2,30,36)(H,31,35). The fourth-order valence-corrected chi connectivity index (χ4v) is 3.76. The molecule has 9 nitrogen and oxygen atoms in total. The number of benzene rings is 2. The lowest BCUT2D eigenvalue weighted by molar-refractivity contribution is -0.137. The predicted molar refractivity (Wildman–Crippen MR) is 130 cm³/mol. The fraction of sp³-hybridized carbons (Fsp3) is 0.200. The van der Waals surface area contributed by atoms with Crippen molar-refractivity contribution in [2.24, 2.45) is 5.73 Å². The van der Waals surface area contributed by atoms with Gasteiger partial charge in [0.1, 0.15) is 22.8 Å². The van der Waals surface area contributed by atoms with E-state index in [1.807, 2.05) is 13.8 Å². The van der Waals surface area contributed by atoms with E-state index < -0.39 is 23.6 Å². The molecule has 0 aliphatic carbocycles. The van der Waals surface area contributed by atoms with Gasteiger partial charge in [0.2, 0.25) is 11.8 Å². The van der Waals surface area contributed by atoms with Crippen LogP contribution in [0.1, 0.15) is 41.4 Å². The Labute approximate surface area is 209 Å². The smallest absolute Gasteiger partial charge is 0.383 e. The molecule has 0 saturated carbocycles. The molecule has 2 heterocycles. The monoisotopic (exact) mass is 512 g/mol. The van der Waals surface area contributed by atoms with Crippen molar-refractivity contribution in [1.82, 2.24) is 14.9 Å². The number of nitrogens with zero attached hydrogens (tertiary/aromatic N) is 3. The first-order valence-electron chi connectivity index (χ1n) is 11.2. The summed E-state index contributed by atoms with van der Waals surface area (Å²) in [6, 6.07) is 12.7. The Morgan fingerprint density at radius 2 is 1.78 bits per heavy atom. The Bertz CT molecular complexity index is 1460. The van der Waals surface area contributed by atoms with Gasteiger partial charge in [-0.25, -0.2) is 4.68 Å². The molecule has 5 N–H and O–H groups in total. The van der Waals surface area contributed by atoms with Crippen LogP contribution in [0.5, 0.6) is 0 Å². The van der Waals surface area contributed by atoms with Crippen LogP contribution in [-0.2, 0) is 17.4 Å². The van der Waals surface area contributed by atoms with Gasteiger partial charge >= 0.3 is 6.18 Å². The van der Waals surface area contributed by atoms with E-state index in [4.69, 9.17) is 16.0 Å². The van der Waals surface area contributed by atoms with Gasteiger partial charge in [0, 0.05) is 23.2 Å². The summed E-state index contributed by atoms with van der Waals surface area (Å²) in [6.07, 6.45) is -4.51. The number of hydrogen-bond donors (Lipinski definition) is 3. The topological polar surface area (TPSA) is 142 Å². The van der Waals surface area contributed by atoms with Crippen LogP contribution in [-0.4, -0.2) is 26.8 Å². The zero-order chi connectivity index (χ0) is 26.9. The van der Waals surface area contributed by atoms with E-state index in [9.17, 15) is 22.8 Å². The van der Waals surface area contributed by atoms with Crippen molar-refractivity contribution in [3.8, 4) is 22.5 Å². The van der Waals surface area contributed by atoms with E-state index in [2.05, 4.69) is 15.6 Å². The normalized spacial score (nSPS) is 11.6. The molecule has 0 bridgehead atoms. The number of nitrogen functional groups attached to an aromatic ring is 1. The molecule has 0 aliphatic rings. The second kappa shape index (κ2) is 9.80. The number of nitrogens with one attached hydrogen (secondary N) is 1. The first kappa shape index (κ1) is 25.5. The highest BCUT2D eigenvalue weighted by Crippen LogP contribution is 2.33. The fourth-order valence-electron chi connectivity index (χ4n) is 3.76. The molecule has 37 heavy (non-hydrogen) atoms. The minimum atomic E-state index is -4.49. The highest BCUT2D eigenvalue weighted by molar-refractivity contribution is 6.03. The minimum Gasteiger partial charge on any atom is -0.383 e. The summed E-state index contributed by atoms with van der Waals surface area (Å²) in [6.45, 7) is 3.74. The Balaban J connectivity index is 1.45. The SMILES string of the molecule is CC(C)n1nc(-c2ccc(CC(=O)Nc3cc(-c4cccc(C(F)(F)F)c4)no3)cc2)c(C(N)=O)c1N. The number of alkyl halides is 3. The van der Waals surface area contributed by atoms with E-state index in [0.29, 0.717) is 16.8 Å². The summed E-state index contributed by atoms with van der Waals surface area (Å²) < 4.78 is 45.5. The van der Waals surface area contributed by atoms with Crippen molar-refractivity contribution in [3.63, 3.8) is 0 Å². The lowest BCUT2D eigenvalue weighted by Gasteiger charge is -2.07. The summed E-state index contributed by atoms with van der Waals surface area (Å²) in [5.41, 5.74) is 12.8. The number of carbonyl (C=O) groups is 2. The molecule has 192 valence electrons. The van der Waals surface area contributed by atoms with Gasteiger partial charge in [0.15, 0.2) is 0 Å².